The maximum Gasteiger partial charge on any atom is 0.0589 e. The maximum atomic E-state index is 5.85. The lowest BCUT2D eigenvalue weighted by Crippen LogP contribution is -2.19. The first kappa shape index (κ1) is 13.5. The fraction of sp³-hybridized carbons (Fsp3) is 0.214. The minimum Gasteiger partial charge on any atom is -0.311 e. The molecule has 0 aliphatic carbocycles. The van der Waals surface area contributed by atoms with Crippen molar-refractivity contribution in [3.8, 4) is 0 Å². The van der Waals surface area contributed by atoms with Gasteiger partial charge in [-0.15, -0.1) is 0 Å². The Morgan fingerprint density at radius 1 is 1.22 bits per heavy atom. The fourth-order valence-corrected chi connectivity index (χ4v) is 2.18. The molecule has 1 aromatic heterocycles. The lowest BCUT2D eigenvalue weighted by molar-refractivity contribution is 0.576. The molecule has 0 aliphatic rings. The van der Waals surface area contributed by atoms with E-state index in [1.807, 2.05) is 19.2 Å². The number of pyridine rings is 1. The van der Waals surface area contributed by atoms with E-state index < -0.39 is 0 Å². The second-order valence-corrected chi connectivity index (χ2v) is 5.43. The van der Waals surface area contributed by atoms with Crippen molar-refractivity contribution in [2.75, 3.05) is 7.05 Å². The van der Waals surface area contributed by atoms with Crippen LogP contribution in [0.5, 0.6) is 0 Å². The zero-order valence-electron chi connectivity index (χ0n) is 10.0. The van der Waals surface area contributed by atoms with Gasteiger partial charge >= 0.3 is 0 Å². The topological polar surface area (TPSA) is 24.9 Å². The van der Waals surface area contributed by atoms with E-state index in [2.05, 4.69) is 50.5 Å². The molecule has 0 radical (unpaired) electrons. The monoisotopic (exact) mass is 324 g/mol. The summed E-state index contributed by atoms with van der Waals surface area (Å²) in [4.78, 5) is 4.36. The predicted octanol–water partition coefficient (Wildman–Crippen LogP) is 4.00. The molecule has 2 nitrogen and oxygen atoms in total. The molecule has 1 unspecified atom stereocenters. The van der Waals surface area contributed by atoms with E-state index in [-0.39, 0.29) is 6.04 Å². The third-order valence-corrected chi connectivity index (χ3v) is 3.56. The van der Waals surface area contributed by atoms with Gasteiger partial charge in [-0.3, -0.25) is 4.98 Å². The van der Waals surface area contributed by atoms with Crippen molar-refractivity contribution < 1.29 is 0 Å². The van der Waals surface area contributed by atoms with Gasteiger partial charge in [0.2, 0.25) is 0 Å². The molecule has 1 N–H and O–H groups in total. The molecule has 0 aliphatic heterocycles. The summed E-state index contributed by atoms with van der Waals surface area (Å²) >= 11 is 9.29. The van der Waals surface area contributed by atoms with Crippen molar-refractivity contribution >= 4 is 27.5 Å². The Kier molecular flexibility index (Phi) is 4.75. The Morgan fingerprint density at radius 2 is 1.94 bits per heavy atom. The summed E-state index contributed by atoms with van der Waals surface area (Å²) in [6, 6.07) is 12.4. The van der Waals surface area contributed by atoms with Gasteiger partial charge in [-0.1, -0.05) is 39.7 Å². The molecule has 0 bridgehead atoms. The van der Waals surface area contributed by atoms with Crippen LogP contribution in [0.4, 0.5) is 0 Å². The summed E-state index contributed by atoms with van der Waals surface area (Å²) < 4.78 is 1.09. The molecule has 2 aromatic rings. The van der Waals surface area contributed by atoms with Gasteiger partial charge in [0, 0.05) is 10.7 Å². The molecule has 0 fully saturated rings. The first-order chi connectivity index (χ1) is 8.69. The summed E-state index contributed by atoms with van der Waals surface area (Å²) in [5, 5.41) is 3.95. The van der Waals surface area contributed by atoms with Gasteiger partial charge < -0.3 is 5.32 Å². The molecule has 0 spiro atoms. The quantitative estimate of drug-likeness (QED) is 0.919. The van der Waals surface area contributed by atoms with Crippen molar-refractivity contribution in [3.63, 3.8) is 0 Å². The van der Waals surface area contributed by atoms with Gasteiger partial charge in [0.1, 0.15) is 0 Å². The highest BCUT2D eigenvalue weighted by Gasteiger charge is 2.11. The van der Waals surface area contributed by atoms with E-state index in [9.17, 15) is 0 Å². The van der Waals surface area contributed by atoms with Crippen LogP contribution in [0.1, 0.15) is 17.3 Å². The molecule has 4 heteroatoms. The van der Waals surface area contributed by atoms with Crippen molar-refractivity contribution in [2.24, 2.45) is 0 Å². The molecule has 0 saturated carbocycles. The lowest BCUT2D eigenvalue weighted by Gasteiger charge is -2.15. The van der Waals surface area contributed by atoms with E-state index in [1.54, 1.807) is 6.20 Å². The van der Waals surface area contributed by atoms with E-state index in [4.69, 9.17) is 11.6 Å². The van der Waals surface area contributed by atoms with Crippen molar-refractivity contribution in [3.05, 3.63) is 63.3 Å². The minimum absolute atomic E-state index is 0.198. The van der Waals surface area contributed by atoms with Crippen LogP contribution in [0.25, 0.3) is 0 Å². The standard InChI is InChI=1S/C14H14BrClN2/c1-17-14(13-7-6-12(16)9-18-13)8-10-2-4-11(15)5-3-10/h2-7,9,14,17H,8H2,1H3. The first-order valence-corrected chi connectivity index (χ1v) is 6.89. The van der Waals surface area contributed by atoms with Crippen LogP contribution in [0.15, 0.2) is 47.1 Å². The predicted molar refractivity (Wildman–Crippen MR) is 78.9 cm³/mol. The molecule has 94 valence electrons. The number of nitrogens with one attached hydrogen (secondary N) is 1. The van der Waals surface area contributed by atoms with Crippen LogP contribution in [0.3, 0.4) is 0 Å². The number of hydrogen-bond donors (Lipinski definition) is 1. The molecule has 0 amide bonds. The SMILES string of the molecule is CNC(Cc1ccc(Br)cc1)c1ccc(Cl)cn1. The highest BCUT2D eigenvalue weighted by atomic mass is 79.9. The molecular formula is C14H14BrClN2. The average molecular weight is 326 g/mol. The molecule has 1 aromatic carbocycles. The molecular weight excluding hydrogens is 312 g/mol. The summed E-state index contributed by atoms with van der Waals surface area (Å²) in [7, 11) is 1.94. The highest BCUT2D eigenvalue weighted by molar-refractivity contribution is 9.10. The number of halogens is 2. The summed E-state index contributed by atoms with van der Waals surface area (Å²) in [5.41, 5.74) is 2.28. The third-order valence-electron chi connectivity index (χ3n) is 2.81. The van der Waals surface area contributed by atoms with Crippen LogP contribution in [-0.4, -0.2) is 12.0 Å². The van der Waals surface area contributed by atoms with E-state index in [0.29, 0.717) is 5.02 Å². The summed E-state index contributed by atoms with van der Waals surface area (Å²) in [6.07, 6.45) is 2.58. The van der Waals surface area contributed by atoms with Gasteiger partial charge in [-0.05, 0) is 43.3 Å². The zero-order valence-corrected chi connectivity index (χ0v) is 12.4. The maximum absolute atomic E-state index is 5.85. The number of likely N-dealkylation sites (N-methyl/N-ethyl adjacent to an activating group) is 1. The van der Waals surface area contributed by atoms with Crippen LogP contribution in [0, 0.1) is 0 Å². The number of hydrogen-bond acceptors (Lipinski definition) is 2. The molecule has 0 saturated heterocycles. The number of benzene rings is 1. The lowest BCUT2D eigenvalue weighted by atomic mass is 10.0. The Balaban J connectivity index is 2.14. The smallest absolute Gasteiger partial charge is 0.0589 e. The van der Waals surface area contributed by atoms with Gasteiger partial charge in [-0.25, -0.2) is 0 Å². The Hall–Kier alpha value is -0.900. The number of nitrogens with zero attached hydrogens (tertiary/aromatic N) is 1. The molecule has 1 heterocycles. The fourth-order valence-electron chi connectivity index (χ4n) is 1.80. The van der Waals surface area contributed by atoms with Crippen LogP contribution < -0.4 is 5.32 Å². The van der Waals surface area contributed by atoms with Crippen molar-refractivity contribution in [1.29, 1.82) is 0 Å². The Labute approximate surface area is 121 Å². The Morgan fingerprint density at radius 3 is 2.50 bits per heavy atom. The molecule has 1 atom stereocenters. The van der Waals surface area contributed by atoms with Crippen LogP contribution >= 0.6 is 27.5 Å². The zero-order chi connectivity index (χ0) is 13.0. The van der Waals surface area contributed by atoms with E-state index >= 15 is 0 Å². The van der Waals surface area contributed by atoms with Crippen molar-refractivity contribution in [2.45, 2.75) is 12.5 Å². The van der Waals surface area contributed by atoms with Crippen LogP contribution in [0.2, 0.25) is 5.02 Å². The third kappa shape index (κ3) is 3.55. The van der Waals surface area contributed by atoms with E-state index in [0.717, 1.165) is 16.6 Å². The number of rotatable bonds is 4. The second-order valence-electron chi connectivity index (χ2n) is 4.07. The van der Waals surface area contributed by atoms with E-state index in [1.165, 1.54) is 5.56 Å². The van der Waals surface area contributed by atoms with Gasteiger partial charge in [0.15, 0.2) is 0 Å². The van der Waals surface area contributed by atoms with Crippen LogP contribution in [-0.2, 0) is 6.42 Å². The number of aromatic nitrogens is 1. The summed E-state index contributed by atoms with van der Waals surface area (Å²) in [5.74, 6) is 0. The molecule has 2 rings (SSSR count). The highest BCUT2D eigenvalue weighted by Crippen LogP contribution is 2.19. The largest absolute Gasteiger partial charge is 0.311 e. The first-order valence-electron chi connectivity index (χ1n) is 5.72. The Bertz CT molecular complexity index is 496. The van der Waals surface area contributed by atoms with Crippen molar-refractivity contribution in [1.82, 2.24) is 10.3 Å². The van der Waals surface area contributed by atoms with Gasteiger partial charge in [-0.2, -0.15) is 0 Å². The minimum atomic E-state index is 0.198. The second kappa shape index (κ2) is 6.32. The summed E-state index contributed by atoms with van der Waals surface area (Å²) in [6.45, 7) is 0. The van der Waals surface area contributed by atoms with Gasteiger partial charge in [0.25, 0.3) is 0 Å². The van der Waals surface area contributed by atoms with Gasteiger partial charge in [0.05, 0.1) is 16.8 Å². The average Bonchev–Trinajstić information content (AvgIpc) is 2.39. The normalized spacial score (nSPS) is 12.4. The molecule has 18 heavy (non-hydrogen) atoms.